The number of ether oxygens (including phenoxy) is 2. The van der Waals surface area contributed by atoms with Gasteiger partial charge in [-0.05, 0) is 25.5 Å². The van der Waals surface area contributed by atoms with Gasteiger partial charge in [-0.3, -0.25) is 18.5 Å². The number of fused-ring (bicyclic) bond motifs is 1. The Balaban J connectivity index is 1.86. The van der Waals surface area contributed by atoms with E-state index in [0.29, 0.717) is 11.9 Å². The molecule has 0 aliphatic carbocycles. The number of nitrogens with zero attached hydrogens (tertiary/aromatic N) is 5. The van der Waals surface area contributed by atoms with Crippen LogP contribution >= 0.6 is 11.3 Å². The lowest BCUT2D eigenvalue weighted by atomic mass is 10.3. The molecule has 3 heterocycles. The molecule has 0 unspecified atom stereocenters. The van der Waals surface area contributed by atoms with E-state index in [-0.39, 0.29) is 54.8 Å². The summed E-state index contributed by atoms with van der Waals surface area (Å²) in [6, 6.07) is 5.60. The molecule has 0 fully saturated rings. The maximum Gasteiger partial charge on any atom is 0.394 e. The summed E-state index contributed by atoms with van der Waals surface area (Å²) in [5, 5.41) is 9.85. The minimum absolute atomic E-state index is 0.0275. The quantitative estimate of drug-likeness (QED) is 0.371. The summed E-state index contributed by atoms with van der Waals surface area (Å²) >= 11 is 1.42. The smallest absolute Gasteiger partial charge is 0.394 e. The van der Waals surface area contributed by atoms with Gasteiger partial charge < -0.3 is 14.6 Å². The van der Waals surface area contributed by atoms with Gasteiger partial charge in [-0.1, -0.05) is 6.07 Å². The standard InChI is InChI=1S/C22H23F2N5O5S/c1-13-11-25-16(35-13)12-29-17-18(27(3)21(32)28(19(17)31)8-5-9-30)26-20(29)33-14-6-4-7-15(10-14)34-22(2,23)24/h4,6-7,10-11,30H,5,8-9,12H2,1-3H3. The molecule has 0 aliphatic heterocycles. The van der Waals surface area contributed by atoms with Gasteiger partial charge in [0, 0.05) is 44.3 Å². The van der Waals surface area contributed by atoms with Gasteiger partial charge in [-0.2, -0.15) is 13.8 Å². The second kappa shape index (κ2) is 9.58. The molecule has 4 rings (SSSR count). The van der Waals surface area contributed by atoms with Crippen molar-refractivity contribution in [3.8, 4) is 17.5 Å². The minimum atomic E-state index is -3.38. The number of aliphatic hydroxyl groups excluding tert-OH is 1. The van der Waals surface area contributed by atoms with E-state index in [1.165, 1.54) is 51.8 Å². The van der Waals surface area contributed by atoms with E-state index in [9.17, 15) is 23.5 Å². The van der Waals surface area contributed by atoms with E-state index < -0.39 is 17.4 Å². The van der Waals surface area contributed by atoms with Crippen molar-refractivity contribution >= 4 is 22.5 Å². The first-order chi connectivity index (χ1) is 16.6. The predicted octanol–water partition coefficient (Wildman–Crippen LogP) is 2.88. The lowest BCUT2D eigenvalue weighted by molar-refractivity contribution is -0.159. The average molecular weight is 508 g/mol. The molecule has 0 amide bonds. The molecular weight excluding hydrogens is 484 g/mol. The van der Waals surface area contributed by atoms with Crippen molar-refractivity contribution in [3.63, 3.8) is 0 Å². The Bertz CT molecular complexity index is 1480. The molecule has 0 saturated carbocycles. The Labute approximate surface area is 201 Å². The number of benzene rings is 1. The molecule has 0 bridgehead atoms. The summed E-state index contributed by atoms with van der Waals surface area (Å²) < 4.78 is 40.9. The van der Waals surface area contributed by atoms with Crippen LogP contribution in [0.2, 0.25) is 0 Å². The first-order valence-electron chi connectivity index (χ1n) is 10.6. The molecule has 0 atom stereocenters. The fraction of sp³-hybridized carbons (Fsp3) is 0.364. The third kappa shape index (κ3) is 5.25. The normalized spacial score (nSPS) is 11.8. The van der Waals surface area contributed by atoms with E-state index in [4.69, 9.17) is 4.74 Å². The van der Waals surface area contributed by atoms with Gasteiger partial charge in [0.05, 0.1) is 6.54 Å². The molecule has 0 aliphatic rings. The van der Waals surface area contributed by atoms with Crippen LogP contribution in [0.5, 0.6) is 17.5 Å². The van der Waals surface area contributed by atoms with Crippen LogP contribution in [0.3, 0.4) is 0 Å². The molecule has 13 heteroatoms. The topological polar surface area (TPSA) is 113 Å². The summed E-state index contributed by atoms with van der Waals surface area (Å²) in [6.45, 7) is 2.49. The number of imidazole rings is 1. The molecule has 4 aromatic rings. The van der Waals surface area contributed by atoms with Crippen LogP contribution < -0.4 is 20.7 Å². The fourth-order valence-corrected chi connectivity index (χ4v) is 4.30. The van der Waals surface area contributed by atoms with E-state index in [2.05, 4.69) is 14.7 Å². The van der Waals surface area contributed by atoms with Gasteiger partial charge in [0.25, 0.3) is 5.56 Å². The zero-order valence-electron chi connectivity index (χ0n) is 19.2. The van der Waals surface area contributed by atoms with Crippen molar-refractivity contribution in [3.05, 3.63) is 61.2 Å². The van der Waals surface area contributed by atoms with Gasteiger partial charge in [0.2, 0.25) is 0 Å². The monoisotopic (exact) mass is 507 g/mol. The number of alkyl halides is 2. The van der Waals surface area contributed by atoms with E-state index in [1.807, 2.05) is 6.92 Å². The molecule has 10 nitrogen and oxygen atoms in total. The van der Waals surface area contributed by atoms with Crippen LogP contribution in [0.1, 0.15) is 23.2 Å². The summed E-state index contributed by atoms with van der Waals surface area (Å²) in [5.41, 5.74) is -0.968. The van der Waals surface area contributed by atoms with Gasteiger partial charge >= 0.3 is 17.8 Å². The van der Waals surface area contributed by atoms with Crippen LogP contribution in [0, 0.1) is 6.92 Å². The highest BCUT2D eigenvalue weighted by atomic mass is 32.1. The highest BCUT2D eigenvalue weighted by Gasteiger charge is 2.25. The number of thiazole rings is 1. The lowest BCUT2D eigenvalue weighted by Crippen LogP contribution is -2.39. The van der Waals surface area contributed by atoms with Crippen LogP contribution in [-0.4, -0.2) is 41.5 Å². The SMILES string of the molecule is Cc1cnc(Cn2c(Oc3cccc(OC(C)(F)F)c3)nc3c2c(=O)n(CCCO)c(=O)n3C)s1. The van der Waals surface area contributed by atoms with E-state index in [0.717, 1.165) is 9.44 Å². The third-order valence-electron chi connectivity index (χ3n) is 5.01. The Morgan fingerprint density at radius 2 is 1.94 bits per heavy atom. The summed E-state index contributed by atoms with van der Waals surface area (Å²) in [4.78, 5) is 35.8. The number of rotatable bonds is 9. The van der Waals surface area contributed by atoms with Crippen LogP contribution in [0.4, 0.5) is 8.78 Å². The van der Waals surface area contributed by atoms with Gasteiger partial charge in [-0.15, -0.1) is 11.3 Å². The molecule has 1 N–H and O–H groups in total. The van der Waals surface area contributed by atoms with Crippen LogP contribution in [0.25, 0.3) is 11.2 Å². The van der Waals surface area contributed by atoms with Crippen LogP contribution in [0.15, 0.2) is 40.1 Å². The number of aryl methyl sites for hydroxylation is 2. The summed E-state index contributed by atoms with van der Waals surface area (Å²) in [5.74, 6) is 0.0243. The van der Waals surface area contributed by atoms with Crippen molar-refractivity contribution in [2.45, 2.75) is 39.5 Å². The highest BCUT2D eigenvalue weighted by molar-refractivity contribution is 7.11. The predicted molar refractivity (Wildman–Crippen MR) is 125 cm³/mol. The van der Waals surface area contributed by atoms with Crippen LogP contribution in [-0.2, 0) is 20.1 Å². The Morgan fingerprint density at radius 3 is 2.60 bits per heavy atom. The first kappa shape index (κ1) is 24.5. The van der Waals surface area contributed by atoms with Crippen molar-refractivity contribution in [1.29, 1.82) is 0 Å². The minimum Gasteiger partial charge on any atom is -0.433 e. The van der Waals surface area contributed by atoms with Crippen molar-refractivity contribution < 1.29 is 23.4 Å². The Morgan fingerprint density at radius 1 is 1.20 bits per heavy atom. The molecule has 0 saturated heterocycles. The number of aliphatic hydroxyl groups is 1. The summed E-state index contributed by atoms with van der Waals surface area (Å²) in [6.07, 6.45) is -1.47. The van der Waals surface area contributed by atoms with E-state index in [1.54, 1.807) is 6.20 Å². The Kier molecular flexibility index (Phi) is 6.72. The largest absolute Gasteiger partial charge is 0.433 e. The zero-order valence-corrected chi connectivity index (χ0v) is 20.0. The fourth-order valence-electron chi connectivity index (χ4n) is 3.53. The lowest BCUT2D eigenvalue weighted by Gasteiger charge is -2.14. The second-order valence-corrected chi connectivity index (χ2v) is 9.20. The van der Waals surface area contributed by atoms with Gasteiger partial charge in [-0.25, -0.2) is 9.78 Å². The van der Waals surface area contributed by atoms with Crippen molar-refractivity contribution in [2.75, 3.05) is 6.61 Å². The van der Waals surface area contributed by atoms with Gasteiger partial charge in [0.15, 0.2) is 11.2 Å². The second-order valence-electron chi connectivity index (χ2n) is 7.88. The number of hydrogen-bond acceptors (Lipinski definition) is 8. The average Bonchev–Trinajstić information content (AvgIpc) is 3.35. The Hall–Kier alpha value is -3.58. The van der Waals surface area contributed by atoms with E-state index >= 15 is 0 Å². The molecule has 35 heavy (non-hydrogen) atoms. The molecule has 186 valence electrons. The molecule has 0 radical (unpaired) electrons. The molecular formula is C22H23F2N5O5S. The molecule has 3 aromatic heterocycles. The first-order valence-corrected chi connectivity index (χ1v) is 11.5. The maximum absolute atomic E-state index is 13.3. The number of halogens is 2. The molecule has 0 spiro atoms. The van der Waals surface area contributed by atoms with Crippen molar-refractivity contribution in [1.82, 2.24) is 23.7 Å². The highest BCUT2D eigenvalue weighted by Crippen LogP contribution is 2.30. The number of hydrogen-bond donors (Lipinski definition) is 1. The third-order valence-corrected chi connectivity index (χ3v) is 5.91. The van der Waals surface area contributed by atoms with Crippen molar-refractivity contribution in [2.24, 2.45) is 7.05 Å². The zero-order chi connectivity index (χ0) is 25.3. The molecule has 1 aromatic carbocycles. The maximum atomic E-state index is 13.3. The van der Waals surface area contributed by atoms with Gasteiger partial charge in [0.1, 0.15) is 16.5 Å². The summed E-state index contributed by atoms with van der Waals surface area (Å²) in [7, 11) is 1.48. The number of aromatic nitrogens is 5.